The van der Waals surface area contributed by atoms with Gasteiger partial charge in [0.2, 0.25) is 0 Å². The Morgan fingerprint density at radius 2 is 1.79 bits per heavy atom. The zero-order chi connectivity index (χ0) is 13.4. The highest BCUT2D eigenvalue weighted by molar-refractivity contribution is 5.60. The standard InChI is InChI=1S/C17H26N2/c1-12-8-13(2)17(14(3)9-12)19-7-6-15(11-19)10-18-16-4-5-16/h8-9,15-16,18H,4-7,10-11H2,1-3H3. The van der Waals surface area contributed by atoms with Crippen molar-refractivity contribution in [2.24, 2.45) is 5.92 Å². The van der Waals surface area contributed by atoms with Crippen molar-refractivity contribution in [2.75, 3.05) is 24.5 Å². The third kappa shape index (κ3) is 2.94. The molecule has 0 aromatic heterocycles. The Bertz CT molecular complexity index is 439. The number of nitrogens with zero attached hydrogens (tertiary/aromatic N) is 1. The number of hydrogen-bond donors (Lipinski definition) is 1. The predicted octanol–water partition coefficient (Wildman–Crippen LogP) is 3.19. The molecule has 2 aliphatic rings. The zero-order valence-electron chi connectivity index (χ0n) is 12.5. The lowest BCUT2D eigenvalue weighted by Crippen LogP contribution is -2.28. The van der Waals surface area contributed by atoms with Crippen LogP contribution in [0.3, 0.4) is 0 Å². The average Bonchev–Trinajstić information content (AvgIpc) is 3.05. The van der Waals surface area contributed by atoms with Crippen molar-refractivity contribution in [1.29, 1.82) is 0 Å². The van der Waals surface area contributed by atoms with Gasteiger partial charge < -0.3 is 10.2 Å². The molecule has 2 nitrogen and oxygen atoms in total. The van der Waals surface area contributed by atoms with Crippen LogP contribution < -0.4 is 10.2 Å². The molecule has 1 unspecified atom stereocenters. The molecule has 1 aromatic carbocycles. The fourth-order valence-electron chi connectivity index (χ4n) is 3.49. The second-order valence-corrected chi connectivity index (χ2v) is 6.53. The largest absolute Gasteiger partial charge is 0.371 e. The van der Waals surface area contributed by atoms with E-state index in [1.54, 1.807) is 0 Å². The molecule has 0 spiro atoms. The Balaban J connectivity index is 1.66. The molecule has 1 N–H and O–H groups in total. The van der Waals surface area contributed by atoms with Crippen molar-refractivity contribution in [3.8, 4) is 0 Å². The van der Waals surface area contributed by atoms with E-state index < -0.39 is 0 Å². The van der Waals surface area contributed by atoms with E-state index in [-0.39, 0.29) is 0 Å². The van der Waals surface area contributed by atoms with E-state index >= 15 is 0 Å². The Kier molecular flexibility index (Phi) is 3.53. The van der Waals surface area contributed by atoms with Gasteiger partial charge in [-0.2, -0.15) is 0 Å². The van der Waals surface area contributed by atoms with Gasteiger partial charge >= 0.3 is 0 Å². The average molecular weight is 258 g/mol. The fraction of sp³-hybridized carbons (Fsp3) is 0.647. The summed E-state index contributed by atoms with van der Waals surface area (Å²) >= 11 is 0. The summed E-state index contributed by atoms with van der Waals surface area (Å²) in [6.07, 6.45) is 4.13. The third-order valence-electron chi connectivity index (χ3n) is 4.51. The molecule has 1 saturated heterocycles. The second-order valence-electron chi connectivity index (χ2n) is 6.53. The van der Waals surface area contributed by atoms with Gasteiger partial charge in [0.15, 0.2) is 0 Å². The molecule has 1 aliphatic carbocycles. The van der Waals surface area contributed by atoms with Crippen molar-refractivity contribution >= 4 is 5.69 Å². The van der Waals surface area contributed by atoms with Crippen LogP contribution in [0.25, 0.3) is 0 Å². The van der Waals surface area contributed by atoms with Gasteiger partial charge in [-0.05, 0) is 63.6 Å². The molecule has 0 amide bonds. The maximum absolute atomic E-state index is 3.68. The molecule has 1 atom stereocenters. The van der Waals surface area contributed by atoms with Gasteiger partial charge in [0, 0.05) is 24.8 Å². The molecule has 1 heterocycles. The van der Waals surface area contributed by atoms with Crippen LogP contribution >= 0.6 is 0 Å². The Labute approximate surface area is 117 Å². The number of nitrogens with one attached hydrogen (secondary N) is 1. The van der Waals surface area contributed by atoms with Gasteiger partial charge in [-0.15, -0.1) is 0 Å². The summed E-state index contributed by atoms with van der Waals surface area (Å²) in [5, 5.41) is 3.68. The minimum Gasteiger partial charge on any atom is -0.371 e. The number of anilines is 1. The Morgan fingerprint density at radius 1 is 1.11 bits per heavy atom. The van der Waals surface area contributed by atoms with Crippen LogP contribution in [0.5, 0.6) is 0 Å². The van der Waals surface area contributed by atoms with E-state index in [2.05, 4.69) is 43.1 Å². The normalized spacial score (nSPS) is 23.1. The first-order valence-electron chi connectivity index (χ1n) is 7.69. The van der Waals surface area contributed by atoms with Crippen LogP contribution in [-0.2, 0) is 0 Å². The van der Waals surface area contributed by atoms with Gasteiger partial charge in [-0.3, -0.25) is 0 Å². The van der Waals surface area contributed by atoms with E-state index in [1.165, 1.54) is 61.3 Å². The van der Waals surface area contributed by atoms with E-state index in [1.807, 2.05) is 0 Å². The lowest BCUT2D eigenvalue weighted by molar-refractivity contribution is 0.515. The van der Waals surface area contributed by atoms with E-state index in [0.29, 0.717) is 0 Å². The summed E-state index contributed by atoms with van der Waals surface area (Å²) in [5.41, 5.74) is 5.74. The molecular weight excluding hydrogens is 232 g/mol. The molecular formula is C17H26N2. The van der Waals surface area contributed by atoms with Crippen LogP contribution in [0.2, 0.25) is 0 Å². The molecule has 0 radical (unpaired) electrons. The smallest absolute Gasteiger partial charge is 0.0425 e. The summed E-state index contributed by atoms with van der Waals surface area (Å²) in [4.78, 5) is 2.60. The number of hydrogen-bond acceptors (Lipinski definition) is 2. The first kappa shape index (κ1) is 13.0. The van der Waals surface area contributed by atoms with Gasteiger partial charge in [-0.25, -0.2) is 0 Å². The van der Waals surface area contributed by atoms with Crippen LogP contribution in [0, 0.1) is 26.7 Å². The monoisotopic (exact) mass is 258 g/mol. The molecule has 0 bridgehead atoms. The lowest BCUT2D eigenvalue weighted by Gasteiger charge is -2.24. The SMILES string of the molecule is Cc1cc(C)c(N2CCC(CNC3CC3)C2)c(C)c1. The van der Waals surface area contributed by atoms with E-state index in [0.717, 1.165) is 12.0 Å². The number of benzene rings is 1. The minimum atomic E-state index is 0.834. The van der Waals surface area contributed by atoms with Crippen LogP contribution in [-0.4, -0.2) is 25.7 Å². The summed E-state index contributed by atoms with van der Waals surface area (Å²) < 4.78 is 0. The minimum absolute atomic E-state index is 0.834. The maximum atomic E-state index is 3.68. The summed E-state index contributed by atoms with van der Waals surface area (Å²) in [5.74, 6) is 0.834. The van der Waals surface area contributed by atoms with Gasteiger partial charge in [0.25, 0.3) is 0 Å². The van der Waals surface area contributed by atoms with Gasteiger partial charge in [0.05, 0.1) is 0 Å². The van der Waals surface area contributed by atoms with Gasteiger partial charge in [0.1, 0.15) is 0 Å². The van der Waals surface area contributed by atoms with E-state index in [4.69, 9.17) is 0 Å². The zero-order valence-corrected chi connectivity index (χ0v) is 12.5. The van der Waals surface area contributed by atoms with Gasteiger partial charge in [-0.1, -0.05) is 17.7 Å². The lowest BCUT2D eigenvalue weighted by atomic mass is 10.0. The topological polar surface area (TPSA) is 15.3 Å². The van der Waals surface area contributed by atoms with Crippen LogP contribution in [0.4, 0.5) is 5.69 Å². The highest BCUT2D eigenvalue weighted by Gasteiger charge is 2.27. The number of aryl methyl sites for hydroxylation is 3. The van der Waals surface area contributed by atoms with Crippen molar-refractivity contribution < 1.29 is 0 Å². The summed E-state index contributed by atoms with van der Waals surface area (Å²) in [6, 6.07) is 5.48. The molecule has 104 valence electrons. The predicted molar refractivity (Wildman–Crippen MR) is 82.0 cm³/mol. The van der Waals surface area contributed by atoms with Crippen molar-refractivity contribution in [2.45, 2.75) is 46.1 Å². The molecule has 1 aliphatic heterocycles. The van der Waals surface area contributed by atoms with E-state index in [9.17, 15) is 0 Å². The van der Waals surface area contributed by atoms with Crippen molar-refractivity contribution in [3.05, 3.63) is 28.8 Å². The van der Waals surface area contributed by atoms with Crippen LogP contribution in [0.1, 0.15) is 36.0 Å². The molecule has 3 rings (SSSR count). The molecule has 2 fully saturated rings. The maximum Gasteiger partial charge on any atom is 0.0425 e. The molecule has 1 saturated carbocycles. The first-order chi connectivity index (χ1) is 9.13. The summed E-state index contributed by atoms with van der Waals surface area (Å²) in [6.45, 7) is 10.4. The van der Waals surface area contributed by atoms with Crippen molar-refractivity contribution in [1.82, 2.24) is 5.32 Å². The molecule has 2 heteroatoms. The van der Waals surface area contributed by atoms with Crippen LogP contribution in [0.15, 0.2) is 12.1 Å². The molecule has 1 aromatic rings. The third-order valence-corrected chi connectivity index (χ3v) is 4.51. The number of rotatable bonds is 4. The highest BCUT2D eigenvalue weighted by atomic mass is 15.2. The second kappa shape index (κ2) is 5.16. The van der Waals surface area contributed by atoms with Crippen molar-refractivity contribution in [3.63, 3.8) is 0 Å². The fourth-order valence-corrected chi connectivity index (χ4v) is 3.49. The first-order valence-corrected chi connectivity index (χ1v) is 7.69. The Hall–Kier alpha value is -1.02. The molecule has 19 heavy (non-hydrogen) atoms. The highest BCUT2D eigenvalue weighted by Crippen LogP contribution is 2.31. The quantitative estimate of drug-likeness (QED) is 0.892. The summed E-state index contributed by atoms with van der Waals surface area (Å²) in [7, 11) is 0. The Morgan fingerprint density at radius 3 is 2.42 bits per heavy atom.